The molecule has 1 atom stereocenters. The van der Waals surface area contributed by atoms with Gasteiger partial charge in [-0.2, -0.15) is 0 Å². The van der Waals surface area contributed by atoms with Gasteiger partial charge in [0.2, 0.25) is 5.91 Å². The molecule has 90 valence electrons. The van der Waals surface area contributed by atoms with Crippen LogP contribution in [0.3, 0.4) is 0 Å². The minimum absolute atomic E-state index is 0.295. The summed E-state index contributed by atoms with van der Waals surface area (Å²) in [6.07, 6.45) is 3.70. The molecule has 0 aliphatic carbocycles. The van der Waals surface area contributed by atoms with Gasteiger partial charge in [-0.05, 0) is 38.6 Å². The number of amides is 1. The molecule has 0 saturated carbocycles. The van der Waals surface area contributed by atoms with Crippen LogP contribution in [0.25, 0.3) is 0 Å². The molecule has 15 heavy (non-hydrogen) atoms. The second-order valence-corrected chi connectivity index (χ2v) is 4.19. The molecule has 0 fully saturated rings. The van der Waals surface area contributed by atoms with Gasteiger partial charge in [-0.1, -0.05) is 13.8 Å². The van der Waals surface area contributed by atoms with Crippen molar-refractivity contribution < 1.29 is 4.79 Å². The van der Waals surface area contributed by atoms with E-state index in [0.717, 1.165) is 38.9 Å². The van der Waals surface area contributed by atoms with Crippen LogP contribution in [0.1, 0.15) is 46.5 Å². The second-order valence-electron chi connectivity index (χ2n) is 4.19. The third-order valence-corrected chi connectivity index (χ3v) is 2.74. The Hall–Kier alpha value is -0.570. The zero-order chi connectivity index (χ0) is 11.7. The van der Waals surface area contributed by atoms with Crippen molar-refractivity contribution in [2.45, 2.75) is 46.5 Å². The van der Waals surface area contributed by atoms with E-state index in [0.29, 0.717) is 18.2 Å². The van der Waals surface area contributed by atoms with Gasteiger partial charge in [0.25, 0.3) is 0 Å². The molecular weight excluding hydrogens is 188 g/mol. The average molecular weight is 214 g/mol. The van der Waals surface area contributed by atoms with E-state index in [9.17, 15) is 4.79 Å². The third-order valence-electron chi connectivity index (χ3n) is 2.74. The Kier molecular flexibility index (Phi) is 8.38. The van der Waals surface area contributed by atoms with Crippen LogP contribution < -0.4 is 5.73 Å². The molecule has 0 aliphatic rings. The monoisotopic (exact) mass is 214 g/mol. The molecule has 0 radical (unpaired) electrons. The fraction of sp³-hybridized carbons (Fsp3) is 0.917. The number of rotatable bonds is 8. The van der Waals surface area contributed by atoms with Crippen molar-refractivity contribution in [1.82, 2.24) is 4.90 Å². The highest BCUT2D eigenvalue weighted by molar-refractivity contribution is 5.76. The summed E-state index contributed by atoms with van der Waals surface area (Å²) in [5.41, 5.74) is 5.47. The van der Waals surface area contributed by atoms with Crippen LogP contribution in [0.5, 0.6) is 0 Å². The maximum atomic E-state index is 11.8. The molecule has 0 bridgehead atoms. The van der Waals surface area contributed by atoms with E-state index in [4.69, 9.17) is 5.73 Å². The van der Waals surface area contributed by atoms with E-state index in [-0.39, 0.29) is 0 Å². The number of carbonyl (C=O) groups is 1. The van der Waals surface area contributed by atoms with Crippen LogP contribution in [0.15, 0.2) is 0 Å². The first kappa shape index (κ1) is 14.4. The number of nitrogens with two attached hydrogens (primary N) is 1. The Morgan fingerprint density at radius 2 is 2.00 bits per heavy atom. The lowest BCUT2D eigenvalue weighted by atomic mass is 10.0. The lowest BCUT2D eigenvalue weighted by Gasteiger charge is -2.20. The first-order chi connectivity index (χ1) is 7.15. The standard InChI is InChI=1S/C12H26N2O/c1-4-10-14(5-2)12(15)7-6-11(3)8-9-13/h11H,4-10,13H2,1-3H3. The van der Waals surface area contributed by atoms with E-state index in [1.54, 1.807) is 0 Å². The largest absolute Gasteiger partial charge is 0.343 e. The van der Waals surface area contributed by atoms with Crippen molar-refractivity contribution >= 4 is 5.91 Å². The van der Waals surface area contributed by atoms with Gasteiger partial charge in [0.05, 0.1) is 0 Å². The first-order valence-corrected chi connectivity index (χ1v) is 6.13. The summed E-state index contributed by atoms with van der Waals surface area (Å²) >= 11 is 0. The van der Waals surface area contributed by atoms with Gasteiger partial charge in [-0.25, -0.2) is 0 Å². The van der Waals surface area contributed by atoms with Crippen LogP contribution in [-0.2, 0) is 4.79 Å². The number of carbonyl (C=O) groups excluding carboxylic acids is 1. The van der Waals surface area contributed by atoms with Gasteiger partial charge in [0, 0.05) is 19.5 Å². The topological polar surface area (TPSA) is 46.3 Å². The normalized spacial score (nSPS) is 12.5. The van der Waals surface area contributed by atoms with Crippen LogP contribution in [0.2, 0.25) is 0 Å². The summed E-state index contributed by atoms with van der Waals surface area (Å²) in [4.78, 5) is 13.7. The predicted octanol–water partition coefficient (Wildman–Crippen LogP) is 2.01. The molecule has 3 heteroatoms. The SMILES string of the molecule is CCCN(CC)C(=O)CCC(C)CCN. The minimum atomic E-state index is 0.295. The highest BCUT2D eigenvalue weighted by Crippen LogP contribution is 2.10. The van der Waals surface area contributed by atoms with E-state index in [1.807, 2.05) is 11.8 Å². The molecule has 0 aliphatic heterocycles. The highest BCUT2D eigenvalue weighted by atomic mass is 16.2. The van der Waals surface area contributed by atoms with Crippen LogP contribution in [-0.4, -0.2) is 30.4 Å². The molecule has 1 unspecified atom stereocenters. The summed E-state index contributed by atoms with van der Waals surface area (Å²) in [5, 5.41) is 0. The Morgan fingerprint density at radius 1 is 1.33 bits per heavy atom. The van der Waals surface area contributed by atoms with Gasteiger partial charge in [0.1, 0.15) is 0 Å². The highest BCUT2D eigenvalue weighted by Gasteiger charge is 2.11. The van der Waals surface area contributed by atoms with Crippen molar-refractivity contribution in [2.24, 2.45) is 11.7 Å². The molecule has 1 amide bonds. The molecule has 0 saturated heterocycles. The van der Waals surface area contributed by atoms with Crippen molar-refractivity contribution in [3.8, 4) is 0 Å². The minimum Gasteiger partial charge on any atom is -0.343 e. The average Bonchev–Trinajstić information content (AvgIpc) is 2.23. The summed E-state index contributed by atoms with van der Waals surface area (Å²) in [6.45, 7) is 8.75. The second kappa shape index (κ2) is 8.72. The quantitative estimate of drug-likeness (QED) is 0.672. The first-order valence-electron chi connectivity index (χ1n) is 6.13. The fourth-order valence-electron chi connectivity index (χ4n) is 1.69. The number of hydrogen-bond acceptors (Lipinski definition) is 2. The van der Waals surface area contributed by atoms with Crippen LogP contribution in [0, 0.1) is 5.92 Å². The third kappa shape index (κ3) is 6.50. The van der Waals surface area contributed by atoms with E-state index >= 15 is 0 Å². The lowest BCUT2D eigenvalue weighted by Crippen LogP contribution is -2.31. The predicted molar refractivity (Wildman–Crippen MR) is 64.6 cm³/mol. The molecule has 0 aromatic heterocycles. The summed E-state index contributed by atoms with van der Waals surface area (Å²) < 4.78 is 0. The summed E-state index contributed by atoms with van der Waals surface area (Å²) in [6, 6.07) is 0. The molecule has 0 heterocycles. The molecular formula is C12H26N2O. The van der Waals surface area contributed by atoms with E-state index in [2.05, 4.69) is 13.8 Å². The van der Waals surface area contributed by atoms with Crippen molar-refractivity contribution in [1.29, 1.82) is 0 Å². The van der Waals surface area contributed by atoms with Crippen LogP contribution >= 0.6 is 0 Å². The van der Waals surface area contributed by atoms with Crippen molar-refractivity contribution in [2.75, 3.05) is 19.6 Å². The van der Waals surface area contributed by atoms with E-state index < -0.39 is 0 Å². The van der Waals surface area contributed by atoms with Gasteiger partial charge >= 0.3 is 0 Å². The lowest BCUT2D eigenvalue weighted by molar-refractivity contribution is -0.131. The molecule has 0 spiro atoms. The summed E-state index contributed by atoms with van der Waals surface area (Å²) in [7, 11) is 0. The number of nitrogens with zero attached hydrogens (tertiary/aromatic N) is 1. The molecule has 2 N–H and O–H groups in total. The Labute approximate surface area is 94.0 Å². The zero-order valence-corrected chi connectivity index (χ0v) is 10.5. The molecule has 0 rings (SSSR count). The molecule has 0 aromatic rings. The maximum absolute atomic E-state index is 11.8. The summed E-state index contributed by atoms with van der Waals surface area (Å²) in [5.74, 6) is 0.863. The van der Waals surface area contributed by atoms with Gasteiger partial charge in [0.15, 0.2) is 0 Å². The van der Waals surface area contributed by atoms with E-state index in [1.165, 1.54) is 0 Å². The maximum Gasteiger partial charge on any atom is 0.222 e. The zero-order valence-electron chi connectivity index (χ0n) is 10.5. The fourth-order valence-corrected chi connectivity index (χ4v) is 1.69. The Morgan fingerprint density at radius 3 is 2.47 bits per heavy atom. The molecule has 0 aromatic carbocycles. The van der Waals surface area contributed by atoms with Gasteiger partial charge in [-0.3, -0.25) is 4.79 Å². The number of hydrogen-bond donors (Lipinski definition) is 1. The Bertz CT molecular complexity index is 171. The Balaban J connectivity index is 3.79. The van der Waals surface area contributed by atoms with Gasteiger partial charge < -0.3 is 10.6 Å². The smallest absolute Gasteiger partial charge is 0.222 e. The molecule has 3 nitrogen and oxygen atoms in total. The van der Waals surface area contributed by atoms with Crippen molar-refractivity contribution in [3.63, 3.8) is 0 Å². The van der Waals surface area contributed by atoms with Crippen molar-refractivity contribution in [3.05, 3.63) is 0 Å². The van der Waals surface area contributed by atoms with Crippen LogP contribution in [0.4, 0.5) is 0 Å². The van der Waals surface area contributed by atoms with Gasteiger partial charge in [-0.15, -0.1) is 0 Å².